The van der Waals surface area contributed by atoms with Crippen LogP contribution >= 0.6 is 0 Å². The molecule has 178 valence electrons. The highest BCUT2D eigenvalue weighted by molar-refractivity contribution is 7.89. The van der Waals surface area contributed by atoms with Gasteiger partial charge in [0, 0.05) is 25.7 Å². The van der Waals surface area contributed by atoms with Gasteiger partial charge in [-0.25, -0.2) is 12.8 Å². The Morgan fingerprint density at radius 2 is 1.73 bits per heavy atom. The number of hydrogen-bond acceptors (Lipinski definition) is 4. The first-order valence-corrected chi connectivity index (χ1v) is 12.6. The Bertz CT molecular complexity index is 1080. The normalized spacial score (nSPS) is 16.8. The van der Waals surface area contributed by atoms with Crippen molar-refractivity contribution in [2.45, 2.75) is 50.0 Å². The maximum absolute atomic E-state index is 13.6. The van der Waals surface area contributed by atoms with E-state index in [0.29, 0.717) is 32.4 Å². The molecule has 3 rings (SSSR count). The van der Waals surface area contributed by atoms with Crippen molar-refractivity contribution in [1.29, 1.82) is 0 Å². The van der Waals surface area contributed by atoms with E-state index in [2.05, 4.69) is 10.6 Å². The lowest BCUT2D eigenvalue weighted by Crippen LogP contribution is -2.46. The van der Waals surface area contributed by atoms with Crippen LogP contribution in [0.4, 0.5) is 4.39 Å². The summed E-state index contributed by atoms with van der Waals surface area (Å²) in [5.41, 5.74) is 1.34. The average molecular weight is 476 g/mol. The summed E-state index contributed by atoms with van der Waals surface area (Å²) >= 11 is 0. The SMILES string of the molecule is Cc1cc(S(=O)(=O)N2CCCC[C@@H]2CCNC(=O)C(=O)NCCc2ccccc2)ccc1F. The van der Waals surface area contributed by atoms with Crippen LogP contribution in [0.3, 0.4) is 0 Å². The Labute approximate surface area is 194 Å². The minimum absolute atomic E-state index is 0.0649. The molecule has 0 unspecified atom stereocenters. The summed E-state index contributed by atoms with van der Waals surface area (Å²) in [7, 11) is -3.78. The van der Waals surface area contributed by atoms with Gasteiger partial charge >= 0.3 is 11.8 Å². The molecule has 0 saturated carbocycles. The van der Waals surface area contributed by atoms with Gasteiger partial charge in [-0.15, -0.1) is 0 Å². The molecule has 0 aromatic heterocycles. The van der Waals surface area contributed by atoms with Gasteiger partial charge in [0.2, 0.25) is 10.0 Å². The number of nitrogens with zero attached hydrogens (tertiary/aromatic N) is 1. The molecule has 0 spiro atoms. The summed E-state index contributed by atoms with van der Waals surface area (Å²) in [6.45, 7) is 2.44. The van der Waals surface area contributed by atoms with Crippen LogP contribution in [0.25, 0.3) is 0 Å². The molecule has 0 aliphatic carbocycles. The van der Waals surface area contributed by atoms with Gasteiger partial charge in [0.25, 0.3) is 0 Å². The van der Waals surface area contributed by atoms with E-state index >= 15 is 0 Å². The molecular weight excluding hydrogens is 445 g/mol. The molecule has 1 saturated heterocycles. The van der Waals surface area contributed by atoms with Gasteiger partial charge < -0.3 is 10.6 Å². The highest BCUT2D eigenvalue weighted by atomic mass is 32.2. The number of halogens is 1. The lowest BCUT2D eigenvalue weighted by atomic mass is 10.0. The Morgan fingerprint density at radius 3 is 2.42 bits per heavy atom. The van der Waals surface area contributed by atoms with Crippen LogP contribution in [-0.2, 0) is 26.0 Å². The van der Waals surface area contributed by atoms with Crippen molar-refractivity contribution in [1.82, 2.24) is 14.9 Å². The molecule has 33 heavy (non-hydrogen) atoms. The molecule has 7 nitrogen and oxygen atoms in total. The van der Waals surface area contributed by atoms with Crippen LogP contribution in [-0.4, -0.2) is 50.2 Å². The first-order valence-electron chi connectivity index (χ1n) is 11.2. The Hall–Kier alpha value is -2.78. The summed E-state index contributed by atoms with van der Waals surface area (Å²) in [6.07, 6.45) is 3.30. The second-order valence-corrected chi connectivity index (χ2v) is 10.1. The smallest absolute Gasteiger partial charge is 0.309 e. The molecule has 9 heteroatoms. The summed E-state index contributed by atoms with van der Waals surface area (Å²) < 4.78 is 41.3. The van der Waals surface area contributed by atoms with Gasteiger partial charge in [0.15, 0.2) is 0 Å². The van der Waals surface area contributed by atoms with Crippen molar-refractivity contribution < 1.29 is 22.4 Å². The maximum atomic E-state index is 13.6. The molecule has 1 fully saturated rings. The molecule has 2 aromatic rings. The van der Waals surface area contributed by atoms with Gasteiger partial charge in [-0.2, -0.15) is 4.31 Å². The number of carbonyl (C=O) groups excluding carboxylic acids is 2. The van der Waals surface area contributed by atoms with Crippen LogP contribution in [0.5, 0.6) is 0 Å². The standard InChI is InChI=1S/C24H30FN3O4S/c1-18-17-21(10-11-22(18)25)33(31,32)28-16-6-5-9-20(28)13-15-27-24(30)23(29)26-14-12-19-7-3-2-4-8-19/h2-4,7-8,10-11,17,20H,5-6,9,12-16H2,1H3,(H,26,29)(H,27,30)/t20-/m1/s1. The van der Waals surface area contributed by atoms with Gasteiger partial charge in [-0.05, 0) is 61.9 Å². The van der Waals surface area contributed by atoms with E-state index in [4.69, 9.17) is 0 Å². The van der Waals surface area contributed by atoms with E-state index in [1.807, 2.05) is 30.3 Å². The fourth-order valence-corrected chi connectivity index (χ4v) is 5.78. The predicted molar refractivity (Wildman–Crippen MR) is 123 cm³/mol. The van der Waals surface area contributed by atoms with E-state index in [0.717, 1.165) is 24.5 Å². The summed E-state index contributed by atoms with van der Waals surface area (Å²) in [5.74, 6) is -1.89. The number of aryl methyl sites for hydroxylation is 1. The van der Waals surface area contributed by atoms with E-state index in [-0.39, 0.29) is 23.0 Å². The van der Waals surface area contributed by atoms with Crippen molar-refractivity contribution >= 4 is 21.8 Å². The fourth-order valence-electron chi connectivity index (χ4n) is 3.97. The molecule has 0 bridgehead atoms. The quantitative estimate of drug-likeness (QED) is 0.574. The first-order chi connectivity index (χ1) is 15.8. The second kappa shape index (κ2) is 11.4. The molecule has 0 radical (unpaired) electrons. The van der Waals surface area contributed by atoms with Crippen molar-refractivity contribution in [3.05, 3.63) is 65.5 Å². The van der Waals surface area contributed by atoms with Gasteiger partial charge in [-0.1, -0.05) is 36.8 Å². The number of amides is 2. The van der Waals surface area contributed by atoms with E-state index in [9.17, 15) is 22.4 Å². The van der Waals surface area contributed by atoms with Gasteiger partial charge in [0.1, 0.15) is 5.82 Å². The lowest BCUT2D eigenvalue weighted by Gasteiger charge is -2.34. The molecule has 1 aliphatic rings. The van der Waals surface area contributed by atoms with Crippen molar-refractivity contribution in [2.24, 2.45) is 0 Å². The summed E-state index contributed by atoms with van der Waals surface area (Å²) in [5, 5.41) is 5.18. The van der Waals surface area contributed by atoms with Gasteiger partial charge in [0.05, 0.1) is 4.90 Å². The van der Waals surface area contributed by atoms with Crippen LogP contribution in [0, 0.1) is 12.7 Å². The highest BCUT2D eigenvalue weighted by Gasteiger charge is 2.33. The highest BCUT2D eigenvalue weighted by Crippen LogP contribution is 2.27. The number of piperidine rings is 1. The zero-order valence-corrected chi connectivity index (χ0v) is 19.5. The Morgan fingerprint density at radius 1 is 1.03 bits per heavy atom. The fraction of sp³-hybridized carbons (Fsp3) is 0.417. The number of sulfonamides is 1. The maximum Gasteiger partial charge on any atom is 0.309 e. The third-order valence-corrected chi connectivity index (χ3v) is 7.77. The zero-order chi connectivity index (χ0) is 23.8. The topological polar surface area (TPSA) is 95.6 Å². The van der Waals surface area contributed by atoms with Gasteiger partial charge in [-0.3, -0.25) is 9.59 Å². The lowest BCUT2D eigenvalue weighted by molar-refractivity contribution is -0.139. The molecule has 1 atom stereocenters. The third kappa shape index (κ3) is 6.61. The molecule has 1 heterocycles. The van der Waals surface area contributed by atoms with E-state index in [1.165, 1.54) is 23.4 Å². The predicted octanol–water partition coefficient (Wildman–Crippen LogP) is 2.54. The summed E-state index contributed by atoms with van der Waals surface area (Å²) in [6, 6.07) is 13.1. The number of carbonyl (C=O) groups is 2. The zero-order valence-electron chi connectivity index (χ0n) is 18.7. The molecule has 2 amide bonds. The molecular formula is C24H30FN3O4S. The van der Waals surface area contributed by atoms with Crippen LogP contribution in [0.2, 0.25) is 0 Å². The molecule has 2 N–H and O–H groups in total. The summed E-state index contributed by atoms with van der Waals surface area (Å²) in [4.78, 5) is 24.2. The van der Waals surface area contributed by atoms with Crippen LogP contribution < -0.4 is 10.6 Å². The first kappa shape index (κ1) is 24.9. The monoisotopic (exact) mass is 475 g/mol. The molecule has 2 aromatic carbocycles. The molecule has 1 aliphatic heterocycles. The largest absolute Gasteiger partial charge is 0.348 e. The average Bonchev–Trinajstić information content (AvgIpc) is 2.81. The van der Waals surface area contributed by atoms with Crippen molar-refractivity contribution in [3.63, 3.8) is 0 Å². The number of rotatable bonds is 8. The van der Waals surface area contributed by atoms with Crippen molar-refractivity contribution in [2.75, 3.05) is 19.6 Å². The minimum Gasteiger partial charge on any atom is -0.348 e. The Kier molecular flexibility index (Phi) is 8.57. The second-order valence-electron chi connectivity index (χ2n) is 8.21. The van der Waals surface area contributed by atoms with E-state index in [1.54, 1.807) is 0 Å². The van der Waals surface area contributed by atoms with Crippen LogP contribution in [0.15, 0.2) is 53.4 Å². The van der Waals surface area contributed by atoms with E-state index < -0.39 is 27.7 Å². The van der Waals surface area contributed by atoms with Crippen molar-refractivity contribution in [3.8, 4) is 0 Å². The number of hydrogen-bond donors (Lipinski definition) is 2. The third-order valence-electron chi connectivity index (χ3n) is 5.82. The van der Waals surface area contributed by atoms with Crippen LogP contribution in [0.1, 0.15) is 36.8 Å². The number of nitrogens with one attached hydrogen (secondary N) is 2. The minimum atomic E-state index is -3.78. The number of benzene rings is 2. The Balaban J connectivity index is 1.51.